The predicted octanol–water partition coefficient (Wildman–Crippen LogP) is 3.24. The quantitative estimate of drug-likeness (QED) is 0.855. The topological polar surface area (TPSA) is 30.7 Å². The van der Waals surface area contributed by atoms with Crippen LogP contribution in [0.2, 0.25) is 0 Å². The van der Waals surface area contributed by atoms with Crippen LogP contribution in [-0.2, 0) is 6.54 Å². The van der Waals surface area contributed by atoms with E-state index >= 15 is 0 Å². The second-order valence-electron chi connectivity index (χ2n) is 4.11. The zero-order valence-corrected chi connectivity index (χ0v) is 10.5. The smallest absolute Gasteiger partial charge is 0.144 e. The normalized spacial score (nSPS) is 11.5. The number of aromatic nitrogens is 3. The summed E-state index contributed by atoms with van der Waals surface area (Å²) in [5.41, 5.74) is 1.01. The summed E-state index contributed by atoms with van der Waals surface area (Å²) >= 11 is 3.52. The van der Waals surface area contributed by atoms with Crippen LogP contribution in [0.3, 0.4) is 0 Å². The van der Waals surface area contributed by atoms with Gasteiger partial charge in [0.05, 0.1) is 5.39 Å². The van der Waals surface area contributed by atoms with Crippen molar-refractivity contribution in [2.24, 2.45) is 5.92 Å². The molecule has 0 radical (unpaired) electrons. The molecular weight excluding hydrogens is 254 g/mol. The second kappa shape index (κ2) is 4.31. The molecule has 2 heterocycles. The van der Waals surface area contributed by atoms with Crippen LogP contribution in [0, 0.1) is 5.92 Å². The van der Waals surface area contributed by atoms with E-state index < -0.39 is 0 Å². The SMILES string of the molecule is CC(C)CCn1cc(Br)c2cncnc21. The molecule has 15 heavy (non-hydrogen) atoms. The van der Waals surface area contributed by atoms with Gasteiger partial charge in [-0.1, -0.05) is 13.8 Å². The first kappa shape index (κ1) is 10.6. The third-order valence-corrected chi connectivity index (χ3v) is 3.07. The Labute approximate surface area is 97.7 Å². The summed E-state index contributed by atoms with van der Waals surface area (Å²) in [6.07, 6.45) is 6.70. The minimum atomic E-state index is 0.711. The van der Waals surface area contributed by atoms with Crippen LogP contribution in [0.4, 0.5) is 0 Å². The van der Waals surface area contributed by atoms with Crippen molar-refractivity contribution in [3.05, 3.63) is 23.2 Å². The Balaban J connectivity index is 2.35. The van der Waals surface area contributed by atoms with Gasteiger partial charge in [0.1, 0.15) is 12.0 Å². The maximum absolute atomic E-state index is 4.30. The van der Waals surface area contributed by atoms with Crippen LogP contribution in [0.15, 0.2) is 23.2 Å². The fourth-order valence-electron chi connectivity index (χ4n) is 1.56. The lowest BCUT2D eigenvalue weighted by atomic mass is 10.1. The van der Waals surface area contributed by atoms with Crippen molar-refractivity contribution in [1.82, 2.24) is 14.5 Å². The fraction of sp³-hybridized carbons (Fsp3) is 0.455. The molecule has 0 N–H and O–H groups in total. The molecule has 0 aromatic carbocycles. The molecule has 2 rings (SSSR count). The average Bonchev–Trinajstić information content (AvgIpc) is 2.54. The lowest BCUT2D eigenvalue weighted by Gasteiger charge is -2.06. The summed E-state index contributed by atoms with van der Waals surface area (Å²) in [4.78, 5) is 8.33. The van der Waals surface area contributed by atoms with Crippen LogP contribution in [0.25, 0.3) is 11.0 Å². The Kier molecular flexibility index (Phi) is 3.05. The van der Waals surface area contributed by atoms with Crippen molar-refractivity contribution in [1.29, 1.82) is 0 Å². The van der Waals surface area contributed by atoms with Crippen LogP contribution in [0.5, 0.6) is 0 Å². The molecule has 0 saturated heterocycles. The Hall–Kier alpha value is -0.900. The van der Waals surface area contributed by atoms with Crippen molar-refractivity contribution in [2.75, 3.05) is 0 Å². The lowest BCUT2D eigenvalue weighted by Crippen LogP contribution is -2.00. The van der Waals surface area contributed by atoms with E-state index in [-0.39, 0.29) is 0 Å². The number of hydrogen-bond acceptors (Lipinski definition) is 2. The second-order valence-corrected chi connectivity index (χ2v) is 4.97. The Bertz CT molecular complexity index is 462. The monoisotopic (exact) mass is 267 g/mol. The van der Waals surface area contributed by atoms with E-state index in [0.717, 1.165) is 22.1 Å². The van der Waals surface area contributed by atoms with Crippen LogP contribution in [0.1, 0.15) is 20.3 Å². The number of fused-ring (bicyclic) bond motifs is 1. The van der Waals surface area contributed by atoms with Gasteiger partial charge in [-0.25, -0.2) is 9.97 Å². The number of rotatable bonds is 3. The molecule has 4 heteroatoms. The fourth-order valence-corrected chi connectivity index (χ4v) is 2.08. The molecule has 0 spiro atoms. The van der Waals surface area contributed by atoms with Gasteiger partial charge in [0, 0.05) is 23.4 Å². The Morgan fingerprint density at radius 2 is 2.27 bits per heavy atom. The summed E-state index contributed by atoms with van der Waals surface area (Å²) in [5, 5.41) is 1.08. The predicted molar refractivity (Wildman–Crippen MR) is 64.7 cm³/mol. The highest BCUT2D eigenvalue weighted by Gasteiger charge is 2.07. The summed E-state index contributed by atoms with van der Waals surface area (Å²) < 4.78 is 3.25. The largest absolute Gasteiger partial charge is 0.331 e. The van der Waals surface area contributed by atoms with Crippen molar-refractivity contribution in [3.8, 4) is 0 Å². The van der Waals surface area contributed by atoms with Gasteiger partial charge in [-0.05, 0) is 28.3 Å². The Morgan fingerprint density at radius 3 is 3.00 bits per heavy atom. The highest BCUT2D eigenvalue weighted by atomic mass is 79.9. The van der Waals surface area contributed by atoms with Gasteiger partial charge in [0.2, 0.25) is 0 Å². The number of nitrogens with zero attached hydrogens (tertiary/aromatic N) is 3. The van der Waals surface area contributed by atoms with Crippen molar-refractivity contribution < 1.29 is 0 Å². The molecule has 0 amide bonds. The summed E-state index contributed by atoms with van der Waals surface area (Å²) in [6.45, 7) is 5.47. The highest BCUT2D eigenvalue weighted by molar-refractivity contribution is 9.10. The zero-order valence-electron chi connectivity index (χ0n) is 8.94. The van der Waals surface area contributed by atoms with Crippen molar-refractivity contribution in [2.45, 2.75) is 26.8 Å². The van der Waals surface area contributed by atoms with Gasteiger partial charge in [0.25, 0.3) is 0 Å². The first-order chi connectivity index (χ1) is 7.18. The van der Waals surface area contributed by atoms with Gasteiger partial charge in [0.15, 0.2) is 0 Å². The number of aryl methyl sites for hydroxylation is 1. The van der Waals surface area contributed by atoms with E-state index in [4.69, 9.17) is 0 Å². The van der Waals surface area contributed by atoms with Crippen LogP contribution in [-0.4, -0.2) is 14.5 Å². The van der Waals surface area contributed by atoms with E-state index in [2.05, 4.69) is 50.5 Å². The molecule has 3 nitrogen and oxygen atoms in total. The summed E-state index contributed by atoms with van der Waals surface area (Å²) in [6, 6.07) is 0. The first-order valence-corrected chi connectivity index (χ1v) is 5.92. The third-order valence-electron chi connectivity index (χ3n) is 2.44. The molecule has 0 aliphatic rings. The molecule has 0 aliphatic heterocycles. The Morgan fingerprint density at radius 1 is 1.47 bits per heavy atom. The van der Waals surface area contributed by atoms with E-state index in [0.29, 0.717) is 5.92 Å². The van der Waals surface area contributed by atoms with Crippen molar-refractivity contribution in [3.63, 3.8) is 0 Å². The van der Waals surface area contributed by atoms with Gasteiger partial charge in [-0.3, -0.25) is 0 Å². The minimum absolute atomic E-state index is 0.711. The van der Waals surface area contributed by atoms with Gasteiger partial charge in [-0.2, -0.15) is 0 Å². The molecular formula is C11H14BrN3. The summed E-state index contributed by atoms with van der Waals surface area (Å²) in [7, 11) is 0. The van der Waals surface area contributed by atoms with Crippen molar-refractivity contribution >= 4 is 27.0 Å². The molecule has 0 fully saturated rings. The average molecular weight is 268 g/mol. The molecule has 0 atom stereocenters. The van der Waals surface area contributed by atoms with Crippen LogP contribution >= 0.6 is 15.9 Å². The van der Waals surface area contributed by atoms with Gasteiger partial charge < -0.3 is 4.57 Å². The maximum Gasteiger partial charge on any atom is 0.144 e. The molecule has 0 saturated carbocycles. The van der Waals surface area contributed by atoms with E-state index in [1.54, 1.807) is 6.33 Å². The standard InChI is InChI=1S/C11H14BrN3/c1-8(2)3-4-15-6-10(12)9-5-13-7-14-11(9)15/h5-8H,3-4H2,1-2H3. The lowest BCUT2D eigenvalue weighted by molar-refractivity contribution is 0.522. The summed E-state index contributed by atoms with van der Waals surface area (Å²) in [5.74, 6) is 0.711. The van der Waals surface area contributed by atoms with Gasteiger partial charge >= 0.3 is 0 Å². The number of hydrogen-bond donors (Lipinski definition) is 0. The number of halogens is 1. The zero-order chi connectivity index (χ0) is 10.8. The van der Waals surface area contributed by atoms with E-state index in [9.17, 15) is 0 Å². The van der Waals surface area contributed by atoms with E-state index in [1.165, 1.54) is 6.42 Å². The van der Waals surface area contributed by atoms with E-state index in [1.807, 2.05) is 6.20 Å². The highest BCUT2D eigenvalue weighted by Crippen LogP contribution is 2.24. The van der Waals surface area contributed by atoms with Crippen LogP contribution < -0.4 is 0 Å². The molecule has 0 bridgehead atoms. The maximum atomic E-state index is 4.30. The molecule has 80 valence electrons. The third kappa shape index (κ3) is 2.20. The molecule has 2 aromatic rings. The van der Waals surface area contributed by atoms with Gasteiger partial charge in [-0.15, -0.1) is 0 Å². The first-order valence-electron chi connectivity index (χ1n) is 5.13. The molecule has 0 unspecified atom stereocenters. The molecule has 0 aliphatic carbocycles. The minimum Gasteiger partial charge on any atom is -0.331 e. The molecule has 2 aromatic heterocycles.